The minimum atomic E-state index is -2.43. The Morgan fingerprint density at radius 2 is 1.86 bits per heavy atom. The number of thioether (sulfide) groups is 1. The highest BCUT2D eigenvalue weighted by Crippen LogP contribution is 2.26. The average molecular weight is 328 g/mol. The van der Waals surface area contributed by atoms with Gasteiger partial charge in [0.1, 0.15) is 0 Å². The van der Waals surface area contributed by atoms with Crippen molar-refractivity contribution in [2.45, 2.75) is 43.4 Å². The topological polar surface area (TPSA) is 32.3 Å². The molecular weight excluding hydrogens is 306 g/mol. The van der Waals surface area contributed by atoms with Crippen LogP contribution >= 0.6 is 11.8 Å². The predicted octanol–water partition coefficient (Wildman–Crippen LogP) is 4.06. The summed E-state index contributed by atoms with van der Waals surface area (Å²) in [5.41, 5.74) is 0.640. The number of nitrogens with zero attached hydrogens (tertiary/aromatic N) is 1. The number of amides is 1. The van der Waals surface area contributed by atoms with Crippen LogP contribution in [0.25, 0.3) is 0 Å². The summed E-state index contributed by atoms with van der Waals surface area (Å²) in [7, 11) is 0. The van der Waals surface area contributed by atoms with Crippen LogP contribution in [0.15, 0.2) is 29.2 Å². The minimum absolute atomic E-state index is 0.0520. The molecule has 2 rings (SSSR count). The van der Waals surface area contributed by atoms with Gasteiger partial charge in [-0.05, 0) is 63.0 Å². The second-order valence-corrected chi connectivity index (χ2v) is 6.85. The maximum absolute atomic E-state index is 12.3. The van der Waals surface area contributed by atoms with Gasteiger partial charge in [-0.3, -0.25) is 9.69 Å². The van der Waals surface area contributed by atoms with Crippen molar-refractivity contribution in [2.24, 2.45) is 5.92 Å². The molecule has 0 radical (unpaired) electrons. The molecule has 122 valence electrons. The summed E-state index contributed by atoms with van der Waals surface area (Å²) in [4.78, 5) is 15.0. The van der Waals surface area contributed by atoms with E-state index in [1.807, 2.05) is 6.92 Å². The molecule has 1 aromatic carbocycles. The maximum Gasteiger partial charge on any atom is 0.288 e. The third kappa shape index (κ3) is 4.95. The maximum atomic E-state index is 12.3. The highest BCUT2D eigenvalue weighted by molar-refractivity contribution is 7.99. The number of alkyl halides is 2. The molecule has 0 bridgehead atoms. The monoisotopic (exact) mass is 328 g/mol. The van der Waals surface area contributed by atoms with Crippen molar-refractivity contribution in [3.63, 3.8) is 0 Å². The summed E-state index contributed by atoms with van der Waals surface area (Å²) in [6.45, 7) is 6.03. The Morgan fingerprint density at radius 1 is 1.27 bits per heavy atom. The van der Waals surface area contributed by atoms with E-state index in [0.717, 1.165) is 31.8 Å². The van der Waals surface area contributed by atoms with Crippen molar-refractivity contribution in [2.75, 3.05) is 18.4 Å². The number of carbonyl (C=O) groups is 1. The molecule has 1 aliphatic heterocycles. The quantitative estimate of drug-likeness (QED) is 0.827. The summed E-state index contributed by atoms with van der Waals surface area (Å²) < 4.78 is 24.5. The molecule has 1 N–H and O–H groups in total. The first-order chi connectivity index (χ1) is 10.5. The SMILES string of the molecule is CC1CCN([C@H](C)C(=O)Nc2ccc(SC(F)F)cc2)CC1. The number of nitrogens with one attached hydrogen (secondary N) is 1. The number of hydrogen-bond acceptors (Lipinski definition) is 3. The minimum Gasteiger partial charge on any atom is -0.325 e. The number of benzene rings is 1. The summed E-state index contributed by atoms with van der Waals surface area (Å²) in [5, 5.41) is 2.85. The van der Waals surface area contributed by atoms with E-state index in [9.17, 15) is 13.6 Å². The van der Waals surface area contributed by atoms with Gasteiger partial charge in [-0.1, -0.05) is 18.7 Å². The fraction of sp³-hybridized carbons (Fsp3) is 0.562. The number of hydrogen-bond donors (Lipinski definition) is 1. The molecule has 0 saturated carbocycles. The van der Waals surface area contributed by atoms with Crippen molar-refractivity contribution in [1.82, 2.24) is 4.90 Å². The standard InChI is InChI=1S/C16H22F2N2OS/c1-11-7-9-20(10-8-11)12(2)15(21)19-13-3-5-14(6-4-13)22-16(17)18/h3-6,11-12,16H,7-10H2,1-2H3,(H,19,21)/t12-/m1/s1. The Labute approximate surface area is 134 Å². The first-order valence-corrected chi connectivity index (χ1v) is 8.43. The van der Waals surface area contributed by atoms with E-state index in [4.69, 9.17) is 0 Å². The van der Waals surface area contributed by atoms with E-state index >= 15 is 0 Å². The summed E-state index contributed by atoms with van der Waals surface area (Å²) in [5.74, 6) is -1.75. The number of rotatable bonds is 5. The highest BCUT2D eigenvalue weighted by Gasteiger charge is 2.25. The van der Waals surface area contributed by atoms with Crippen LogP contribution in [0.3, 0.4) is 0 Å². The lowest BCUT2D eigenvalue weighted by atomic mass is 9.98. The largest absolute Gasteiger partial charge is 0.325 e. The van der Waals surface area contributed by atoms with Gasteiger partial charge in [0.05, 0.1) is 6.04 Å². The van der Waals surface area contributed by atoms with Gasteiger partial charge in [-0.25, -0.2) is 0 Å². The molecule has 3 nitrogen and oxygen atoms in total. The third-order valence-corrected chi connectivity index (χ3v) is 4.81. The third-order valence-electron chi connectivity index (χ3n) is 4.09. The fourth-order valence-corrected chi connectivity index (χ4v) is 3.05. The number of anilines is 1. The second-order valence-electron chi connectivity index (χ2n) is 5.79. The smallest absolute Gasteiger partial charge is 0.288 e. The van der Waals surface area contributed by atoms with Crippen LogP contribution in [-0.4, -0.2) is 35.7 Å². The first-order valence-electron chi connectivity index (χ1n) is 7.55. The Bertz CT molecular complexity index is 487. The van der Waals surface area contributed by atoms with Gasteiger partial charge < -0.3 is 5.32 Å². The number of piperidine rings is 1. The summed E-state index contributed by atoms with van der Waals surface area (Å²) in [6.07, 6.45) is 2.24. The Hall–Kier alpha value is -1.14. The zero-order valence-electron chi connectivity index (χ0n) is 12.9. The zero-order chi connectivity index (χ0) is 16.1. The lowest BCUT2D eigenvalue weighted by Gasteiger charge is -2.34. The molecule has 0 aromatic heterocycles. The van der Waals surface area contributed by atoms with Crippen LogP contribution in [0, 0.1) is 5.92 Å². The van der Waals surface area contributed by atoms with Crippen molar-refractivity contribution in [3.8, 4) is 0 Å². The summed E-state index contributed by atoms with van der Waals surface area (Å²) in [6, 6.07) is 6.34. The van der Waals surface area contributed by atoms with E-state index < -0.39 is 5.76 Å². The van der Waals surface area contributed by atoms with E-state index in [1.54, 1.807) is 24.3 Å². The lowest BCUT2D eigenvalue weighted by Crippen LogP contribution is -2.45. The van der Waals surface area contributed by atoms with E-state index in [1.165, 1.54) is 0 Å². The van der Waals surface area contributed by atoms with Gasteiger partial charge in [0, 0.05) is 10.6 Å². The predicted molar refractivity (Wildman–Crippen MR) is 86.4 cm³/mol. The van der Waals surface area contributed by atoms with Crippen molar-refractivity contribution < 1.29 is 13.6 Å². The molecule has 0 spiro atoms. The number of carbonyl (C=O) groups excluding carboxylic acids is 1. The molecule has 1 saturated heterocycles. The van der Waals surface area contributed by atoms with E-state index in [0.29, 0.717) is 22.3 Å². The van der Waals surface area contributed by atoms with Crippen LogP contribution in [0.2, 0.25) is 0 Å². The molecule has 1 aromatic rings. The van der Waals surface area contributed by atoms with Gasteiger partial charge >= 0.3 is 0 Å². The number of likely N-dealkylation sites (tertiary alicyclic amines) is 1. The van der Waals surface area contributed by atoms with Crippen LogP contribution in [0.5, 0.6) is 0 Å². The molecular formula is C16H22F2N2OS. The summed E-state index contributed by atoms with van der Waals surface area (Å²) >= 11 is 0.501. The fourth-order valence-electron chi connectivity index (χ4n) is 2.55. The highest BCUT2D eigenvalue weighted by atomic mass is 32.2. The first kappa shape index (κ1) is 17.2. The van der Waals surface area contributed by atoms with Gasteiger partial charge in [-0.15, -0.1) is 0 Å². The second kappa shape index (κ2) is 7.92. The molecule has 1 amide bonds. The average Bonchev–Trinajstić information content (AvgIpc) is 2.49. The van der Waals surface area contributed by atoms with Gasteiger partial charge in [-0.2, -0.15) is 8.78 Å². The molecule has 1 heterocycles. The lowest BCUT2D eigenvalue weighted by molar-refractivity contribution is -0.121. The van der Waals surface area contributed by atoms with Crippen LogP contribution in [0.4, 0.5) is 14.5 Å². The van der Waals surface area contributed by atoms with Crippen molar-refractivity contribution >= 4 is 23.4 Å². The van der Waals surface area contributed by atoms with Gasteiger partial charge in [0.15, 0.2) is 0 Å². The van der Waals surface area contributed by atoms with E-state index in [2.05, 4.69) is 17.1 Å². The molecule has 6 heteroatoms. The molecule has 0 unspecified atom stereocenters. The molecule has 1 atom stereocenters. The Morgan fingerprint density at radius 3 is 2.41 bits per heavy atom. The number of halogens is 2. The molecule has 22 heavy (non-hydrogen) atoms. The van der Waals surface area contributed by atoms with Crippen molar-refractivity contribution in [1.29, 1.82) is 0 Å². The molecule has 1 aliphatic rings. The molecule has 0 aliphatic carbocycles. The van der Waals surface area contributed by atoms with E-state index in [-0.39, 0.29) is 11.9 Å². The zero-order valence-corrected chi connectivity index (χ0v) is 13.7. The normalized spacial score (nSPS) is 18.4. The van der Waals surface area contributed by atoms with Crippen LogP contribution in [-0.2, 0) is 4.79 Å². The van der Waals surface area contributed by atoms with Crippen molar-refractivity contribution in [3.05, 3.63) is 24.3 Å². The molecule has 1 fully saturated rings. The van der Waals surface area contributed by atoms with Gasteiger partial charge in [0.25, 0.3) is 5.76 Å². The Balaban J connectivity index is 1.88. The van der Waals surface area contributed by atoms with Gasteiger partial charge in [0.2, 0.25) is 5.91 Å². The van der Waals surface area contributed by atoms with Crippen LogP contribution in [0.1, 0.15) is 26.7 Å². The Kier molecular flexibility index (Phi) is 6.20. The van der Waals surface area contributed by atoms with Crippen LogP contribution < -0.4 is 5.32 Å².